The predicted octanol–water partition coefficient (Wildman–Crippen LogP) is 2.71. The first kappa shape index (κ1) is 13.9. The Balaban J connectivity index is 3.38. The monoisotopic (exact) mass is 256 g/mol. The normalized spacial score (nSPS) is 17.4. The summed E-state index contributed by atoms with van der Waals surface area (Å²) in [6.45, 7) is 0.228. The van der Waals surface area contributed by atoms with Crippen molar-refractivity contribution in [2.75, 3.05) is 13.8 Å². The highest BCUT2D eigenvalue weighted by Gasteiger charge is 2.48. The van der Waals surface area contributed by atoms with E-state index in [9.17, 15) is 14.1 Å². The molecule has 1 N–H and O–H groups in total. The summed E-state index contributed by atoms with van der Waals surface area (Å²) in [5.41, 5.74) is 2.48. The molecule has 1 aromatic carbocycles. The SMILES string of the molecule is CC#C[P@@](=O)(OC)[C@](O)(CF)c1ccccc1. The predicted molar refractivity (Wildman–Crippen MR) is 64.4 cm³/mol. The first-order valence-corrected chi connectivity index (χ1v) is 6.60. The van der Waals surface area contributed by atoms with Crippen molar-refractivity contribution in [1.82, 2.24) is 0 Å². The van der Waals surface area contributed by atoms with Crippen LogP contribution in [-0.2, 0) is 14.4 Å². The molecule has 0 bridgehead atoms. The highest BCUT2D eigenvalue weighted by molar-refractivity contribution is 7.65. The van der Waals surface area contributed by atoms with Gasteiger partial charge in [-0.3, -0.25) is 4.57 Å². The smallest absolute Gasteiger partial charge is 0.311 e. The van der Waals surface area contributed by atoms with Crippen molar-refractivity contribution < 1.29 is 18.6 Å². The molecule has 0 spiro atoms. The lowest BCUT2D eigenvalue weighted by Crippen LogP contribution is -2.28. The van der Waals surface area contributed by atoms with E-state index in [0.717, 1.165) is 7.11 Å². The first-order chi connectivity index (χ1) is 8.04. The van der Waals surface area contributed by atoms with Gasteiger partial charge < -0.3 is 9.63 Å². The lowest BCUT2D eigenvalue weighted by molar-refractivity contribution is 0.0777. The second kappa shape index (κ2) is 5.46. The zero-order valence-electron chi connectivity index (χ0n) is 9.68. The summed E-state index contributed by atoms with van der Waals surface area (Å²) in [4.78, 5) is 0. The van der Waals surface area contributed by atoms with Gasteiger partial charge in [0.2, 0.25) is 5.34 Å². The molecule has 0 fully saturated rings. The van der Waals surface area contributed by atoms with Gasteiger partial charge in [-0.05, 0) is 18.1 Å². The molecule has 0 aromatic heterocycles. The highest BCUT2D eigenvalue weighted by atomic mass is 31.2. The largest absolute Gasteiger partial charge is 0.372 e. The topological polar surface area (TPSA) is 46.5 Å². The number of hydrogen-bond acceptors (Lipinski definition) is 3. The van der Waals surface area contributed by atoms with Crippen LogP contribution < -0.4 is 0 Å². The third-order valence-electron chi connectivity index (χ3n) is 2.43. The maximum atomic E-state index is 13.2. The van der Waals surface area contributed by atoms with E-state index in [-0.39, 0.29) is 5.56 Å². The number of aliphatic hydroxyl groups is 1. The number of benzene rings is 1. The van der Waals surface area contributed by atoms with Gasteiger partial charge in [0, 0.05) is 7.11 Å². The van der Waals surface area contributed by atoms with Crippen LogP contribution in [0, 0.1) is 11.6 Å². The number of halogens is 1. The molecule has 0 saturated heterocycles. The average molecular weight is 256 g/mol. The summed E-state index contributed by atoms with van der Waals surface area (Å²) in [6.07, 6.45) is 0. The van der Waals surface area contributed by atoms with Crippen molar-refractivity contribution in [3.63, 3.8) is 0 Å². The molecule has 0 saturated carbocycles. The zero-order valence-corrected chi connectivity index (χ0v) is 10.6. The minimum absolute atomic E-state index is 0.190. The van der Waals surface area contributed by atoms with Crippen molar-refractivity contribution in [2.24, 2.45) is 0 Å². The molecule has 5 heteroatoms. The van der Waals surface area contributed by atoms with Gasteiger partial charge in [0.1, 0.15) is 6.67 Å². The third-order valence-corrected chi connectivity index (χ3v) is 4.81. The van der Waals surface area contributed by atoms with Crippen LogP contribution in [0.5, 0.6) is 0 Å². The van der Waals surface area contributed by atoms with E-state index in [4.69, 9.17) is 4.52 Å². The van der Waals surface area contributed by atoms with Crippen LogP contribution in [0.3, 0.4) is 0 Å². The summed E-state index contributed by atoms with van der Waals surface area (Å²) in [5, 5.41) is 8.06. The molecule has 2 atom stereocenters. The van der Waals surface area contributed by atoms with E-state index in [0.29, 0.717) is 0 Å². The van der Waals surface area contributed by atoms with E-state index >= 15 is 0 Å². The average Bonchev–Trinajstić information content (AvgIpc) is 2.38. The van der Waals surface area contributed by atoms with E-state index < -0.39 is 19.4 Å². The van der Waals surface area contributed by atoms with E-state index in [1.54, 1.807) is 18.2 Å². The van der Waals surface area contributed by atoms with Crippen molar-refractivity contribution in [2.45, 2.75) is 12.3 Å². The minimum Gasteiger partial charge on any atom is -0.372 e. The molecule has 1 rings (SSSR count). The highest BCUT2D eigenvalue weighted by Crippen LogP contribution is 2.61. The van der Waals surface area contributed by atoms with Gasteiger partial charge in [0.15, 0.2) is 0 Å². The van der Waals surface area contributed by atoms with Crippen molar-refractivity contribution >= 4 is 7.37 Å². The zero-order chi connectivity index (χ0) is 12.9. The second-order valence-electron chi connectivity index (χ2n) is 3.41. The fraction of sp³-hybridized carbons (Fsp3) is 0.333. The van der Waals surface area contributed by atoms with Gasteiger partial charge in [0.05, 0.1) is 0 Å². The lowest BCUT2D eigenvalue weighted by Gasteiger charge is -2.29. The molecule has 0 heterocycles. The molecule has 0 aliphatic carbocycles. The Morgan fingerprint density at radius 2 is 2.06 bits per heavy atom. The van der Waals surface area contributed by atoms with E-state index in [1.165, 1.54) is 19.1 Å². The number of hydrogen-bond donors (Lipinski definition) is 1. The van der Waals surface area contributed by atoms with Gasteiger partial charge >= 0.3 is 7.37 Å². The van der Waals surface area contributed by atoms with Crippen LogP contribution in [0.1, 0.15) is 12.5 Å². The molecule has 0 unspecified atom stereocenters. The summed E-state index contributed by atoms with van der Waals surface area (Å²) in [6, 6.07) is 7.93. The molecule has 0 radical (unpaired) electrons. The standard InChI is InChI=1S/C12H14FO3P/c1-3-9-17(15,16-2)12(14,10-13)11-7-5-4-6-8-11/h4-8,14H,10H2,1-2H3/t12-,17-/m1/s1. The Hall–Kier alpha value is -1.14. The summed E-state index contributed by atoms with van der Waals surface area (Å²) >= 11 is 0. The molecule has 0 amide bonds. The van der Waals surface area contributed by atoms with Crippen LogP contribution in [0.2, 0.25) is 0 Å². The Morgan fingerprint density at radius 3 is 2.47 bits per heavy atom. The van der Waals surface area contributed by atoms with Crippen LogP contribution in [0.25, 0.3) is 0 Å². The molecule has 1 aromatic rings. The van der Waals surface area contributed by atoms with Crippen molar-refractivity contribution in [3.8, 4) is 11.6 Å². The Labute approximate surface area is 100 Å². The summed E-state index contributed by atoms with van der Waals surface area (Å²) in [7, 11) is -2.68. The Bertz CT molecular complexity index is 478. The van der Waals surface area contributed by atoms with Gasteiger partial charge in [-0.1, -0.05) is 36.3 Å². The maximum Gasteiger partial charge on any atom is 0.311 e. The van der Waals surface area contributed by atoms with Crippen LogP contribution >= 0.6 is 7.37 Å². The summed E-state index contributed by atoms with van der Waals surface area (Å²) in [5.74, 6) is 2.40. The maximum absolute atomic E-state index is 13.2. The van der Waals surface area contributed by atoms with E-state index in [1.807, 2.05) is 0 Å². The lowest BCUT2D eigenvalue weighted by atomic mass is 10.1. The Morgan fingerprint density at radius 1 is 1.47 bits per heavy atom. The molecule has 0 aliphatic heterocycles. The van der Waals surface area contributed by atoms with Gasteiger partial charge in [-0.25, -0.2) is 4.39 Å². The third kappa shape index (κ3) is 2.42. The molecule has 17 heavy (non-hydrogen) atoms. The fourth-order valence-corrected chi connectivity index (χ4v) is 2.99. The molecular formula is C12H14FO3P. The minimum atomic E-state index is -3.82. The molecule has 92 valence electrons. The van der Waals surface area contributed by atoms with Gasteiger partial charge in [0.25, 0.3) is 0 Å². The first-order valence-electron chi connectivity index (χ1n) is 4.98. The number of rotatable bonds is 4. The Kier molecular flexibility index (Phi) is 4.47. The summed E-state index contributed by atoms with van der Waals surface area (Å²) < 4.78 is 30.3. The van der Waals surface area contributed by atoms with Gasteiger partial charge in [-0.2, -0.15) is 0 Å². The van der Waals surface area contributed by atoms with Crippen molar-refractivity contribution in [1.29, 1.82) is 0 Å². The van der Waals surface area contributed by atoms with Crippen LogP contribution in [0.15, 0.2) is 30.3 Å². The fourth-order valence-electron chi connectivity index (χ4n) is 1.47. The molecular weight excluding hydrogens is 242 g/mol. The number of alkyl halides is 1. The second-order valence-corrected chi connectivity index (χ2v) is 5.84. The molecule has 0 aliphatic rings. The molecule has 3 nitrogen and oxygen atoms in total. The van der Waals surface area contributed by atoms with E-state index in [2.05, 4.69) is 11.6 Å². The quantitative estimate of drug-likeness (QED) is 0.665. The van der Waals surface area contributed by atoms with Crippen molar-refractivity contribution in [3.05, 3.63) is 35.9 Å². The van der Waals surface area contributed by atoms with Crippen LogP contribution in [0.4, 0.5) is 4.39 Å². The van der Waals surface area contributed by atoms with Gasteiger partial charge in [-0.15, -0.1) is 0 Å². The van der Waals surface area contributed by atoms with Crippen LogP contribution in [-0.4, -0.2) is 18.9 Å².